The van der Waals surface area contributed by atoms with Gasteiger partial charge in [0.25, 0.3) is 0 Å². The molecule has 0 aliphatic carbocycles. The number of nitrogen functional groups attached to an aromatic ring is 1. The van der Waals surface area contributed by atoms with Crippen molar-refractivity contribution < 1.29 is 8.42 Å². The second-order valence-electron chi connectivity index (χ2n) is 3.60. The van der Waals surface area contributed by atoms with Gasteiger partial charge in [0.1, 0.15) is 0 Å². The van der Waals surface area contributed by atoms with Gasteiger partial charge < -0.3 is 5.73 Å². The lowest BCUT2D eigenvalue weighted by atomic mass is 10.2. The molecular formula is C10H15NO2S. The molecule has 1 aromatic carbocycles. The summed E-state index contributed by atoms with van der Waals surface area (Å²) in [6.45, 7) is 3.37. The second kappa shape index (κ2) is 4.00. The standard InChI is InChI=1S/C10H15NO2S/c1-8(2)14(12,13)7-9-3-5-10(11)6-4-9/h3-6,8H,7,11H2,1-2H3. The van der Waals surface area contributed by atoms with Crippen LogP contribution < -0.4 is 5.73 Å². The van der Waals surface area contributed by atoms with Crippen LogP contribution in [-0.2, 0) is 15.6 Å². The summed E-state index contributed by atoms with van der Waals surface area (Å²) in [6.07, 6.45) is 0. The Labute approximate surface area is 84.9 Å². The highest BCUT2D eigenvalue weighted by atomic mass is 32.2. The van der Waals surface area contributed by atoms with E-state index in [9.17, 15) is 8.42 Å². The van der Waals surface area contributed by atoms with Gasteiger partial charge in [-0.05, 0) is 31.5 Å². The molecule has 0 heterocycles. The van der Waals surface area contributed by atoms with Gasteiger partial charge in [-0.1, -0.05) is 12.1 Å². The molecule has 78 valence electrons. The van der Waals surface area contributed by atoms with Gasteiger partial charge in [-0.25, -0.2) is 8.42 Å². The molecule has 0 saturated carbocycles. The van der Waals surface area contributed by atoms with Crippen molar-refractivity contribution in [3.63, 3.8) is 0 Å². The van der Waals surface area contributed by atoms with Crippen LogP contribution in [-0.4, -0.2) is 13.7 Å². The zero-order valence-electron chi connectivity index (χ0n) is 8.40. The zero-order valence-corrected chi connectivity index (χ0v) is 9.21. The molecule has 0 saturated heterocycles. The van der Waals surface area contributed by atoms with Gasteiger partial charge in [0.2, 0.25) is 0 Å². The van der Waals surface area contributed by atoms with Crippen LogP contribution in [0.2, 0.25) is 0 Å². The molecule has 1 rings (SSSR count). The first-order valence-electron chi connectivity index (χ1n) is 4.48. The van der Waals surface area contributed by atoms with Crippen LogP contribution in [0.5, 0.6) is 0 Å². The lowest BCUT2D eigenvalue weighted by Crippen LogP contribution is -2.15. The van der Waals surface area contributed by atoms with E-state index in [-0.39, 0.29) is 11.0 Å². The fourth-order valence-corrected chi connectivity index (χ4v) is 2.00. The molecule has 0 aliphatic rings. The van der Waals surface area contributed by atoms with Crippen molar-refractivity contribution in [2.75, 3.05) is 5.73 Å². The monoisotopic (exact) mass is 213 g/mol. The summed E-state index contributed by atoms with van der Waals surface area (Å²) in [5.74, 6) is 0.0882. The van der Waals surface area contributed by atoms with Crippen LogP contribution in [0.15, 0.2) is 24.3 Å². The van der Waals surface area contributed by atoms with Gasteiger partial charge in [0.05, 0.1) is 11.0 Å². The molecule has 0 unspecified atom stereocenters. The normalized spacial score (nSPS) is 11.9. The van der Waals surface area contributed by atoms with E-state index >= 15 is 0 Å². The summed E-state index contributed by atoms with van der Waals surface area (Å²) in [4.78, 5) is 0. The summed E-state index contributed by atoms with van der Waals surface area (Å²) in [7, 11) is -3.00. The predicted octanol–water partition coefficient (Wildman–Crippen LogP) is 1.59. The average Bonchev–Trinajstić information content (AvgIpc) is 2.08. The molecule has 0 aromatic heterocycles. The molecule has 0 spiro atoms. The van der Waals surface area contributed by atoms with Crippen molar-refractivity contribution in [2.24, 2.45) is 0 Å². The lowest BCUT2D eigenvalue weighted by Gasteiger charge is -2.07. The highest BCUT2D eigenvalue weighted by molar-refractivity contribution is 7.91. The zero-order chi connectivity index (χ0) is 10.8. The molecular weight excluding hydrogens is 198 g/mol. The van der Waals surface area contributed by atoms with Gasteiger partial charge in [-0.3, -0.25) is 0 Å². The van der Waals surface area contributed by atoms with Crippen molar-refractivity contribution in [3.05, 3.63) is 29.8 Å². The smallest absolute Gasteiger partial charge is 0.156 e. The van der Waals surface area contributed by atoms with Crippen LogP contribution >= 0.6 is 0 Å². The molecule has 0 radical (unpaired) electrons. The highest BCUT2D eigenvalue weighted by Gasteiger charge is 2.16. The van der Waals surface area contributed by atoms with Crippen LogP contribution in [0.4, 0.5) is 5.69 Å². The largest absolute Gasteiger partial charge is 0.399 e. The lowest BCUT2D eigenvalue weighted by molar-refractivity contribution is 0.586. The van der Waals surface area contributed by atoms with Crippen LogP contribution in [0.3, 0.4) is 0 Å². The van der Waals surface area contributed by atoms with E-state index in [0.717, 1.165) is 5.56 Å². The van der Waals surface area contributed by atoms with Crippen molar-refractivity contribution >= 4 is 15.5 Å². The molecule has 0 atom stereocenters. The highest BCUT2D eigenvalue weighted by Crippen LogP contribution is 2.12. The predicted molar refractivity (Wildman–Crippen MR) is 58.6 cm³/mol. The maximum Gasteiger partial charge on any atom is 0.156 e. The van der Waals surface area contributed by atoms with Crippen molar-refractivity contribution in [1.29, 1.82) is 0 Å². The molecule has 14 heavy (non-hydrogen) atoms. The number of benzene rings is 1. The van der Waals surface area contributed by atoms with Gasteiger partial charge in [0, 0.05) is 5.69 Å². The first kappa shape index (κ1) is 11.0. The van der Waals surface area contributed by atoms with Gasteiger partial charge in [-0.2, -0.15) is 0 Å². The molecule has 0 aliphatic heterocycles. The summed E-state index contributed by atoms with van der Waals surface area (Å²) < 4.78 is 23.1. The fraction of sp³-hybridized carbons (Fsp3) is 0.400. The van der Waals surface area contributed by atoms with Crippen molar-refractivity contribution in [2.45, 2.75) is 24.9 Å². The summed E-state index contributed by atoms with van der Waals surface area (Å²) in [5, 5.41) is -0.333. The number of sulfone groups is 1. The number of anilines is 1. The van der Waals surface area contributed by atoms with Gasteiger partial charge in [-0.15, -0.1) is 0 Å². The van der Waals surface area contributed by atoms with Crippen molar-refractivity contribution in [3.8, 4) is 0 Å². The Balaban J connectivity index is 2.85. The van der Waals surface area contributed by atoms with E-state index in [1.165, 1.54) is 0 Å². The Morgan fingerprint density at radius 1 is 1.21 bits per heavy atom. The first-order valence-corrected chi connectivity index (χ1v) is 6.19. The Bertz CT molecular complexity index is 393. The van der Waals surface area contributed by atoms with E-state index in [1.807, 2.05) is 0 Å². The molecule has 2 N–H and O–H groups in total. The second-order valence-corrected chi connectivity index (χ2v) is 6.15. The number of hydrogen-bond acceptors (Lipinski definition) is 3. The SMILES string of the molecule is CC(C)S(=O)(=O)Cc1ccc(N)cc1. The average molecular weight is 213 g/mol. The summed E-state index contributed by atoms with van der Waals surface area (Å²) in [5.41, 5.74) is 6.93. The third kappa shape index (κ3) is 2.73. The molecule has 0 bridgehead atoms. The molecule has 0 fully saturated rings. The number of hydrogen-bond donors (Lipinski definition) is 1. The Morgan fingerprint density at radius 2 is 1.71 bits per heavy atom. The maximum atomic E-state index is 11.6. The minimum atomic E-state index is -3.00. The van der Waals surface area contributed by atoms with Crippen molar-refractivity contribution in [1.82, 2.24) is 0 Å². The van der Waals surface area contributed by atoms with E-state index in [4.69, 9.17) is 5.73 Å². The van der Waals surface area contributed by atoms with E-state index in [2.05, 4.69) is 0 Å². The van der Waals surface area contributed by atoms with Gasteiger partial charge >= 0.3 is 0 Å². The molecule has 0 amide bonds. The quantitative estimate of drug-likeness (QED) is 0.776. The Kier molecular flexibility index (Phi) is 3.16. The van der Waals surface area contributed by atoms with Crippen LogP contribution in [0, 0.1) is 0 Å². The summed E-state index contributed by atoms with van der Waals surface area (Å²) >= 11 is 0. The van der Waals surface area contributed by atoms with Crippen LogP contribution in [0.25, 0.3) is 0 Å². The third-order valence-corrected chi connectivity index (χ3v) is 4.24. The molecule has 4 heteroatoms. The Hall–Kier alpha value is -1.03. The number of nitrogens with two attached hydrogens (primary N) is 1. The molecule has 1 aromatic rings. The summed E-state index contributed by atoms with van der Waals surface area (Å²) in [6, 6.07) is 6.92. The first-order chi connectivity index (χ1) is 6.42. The fourth-order valence-electron chi connectivity index (χ4n) is 1.01. The number of rotatable bonds is 3. The van der Waals surface area contributed by atoms with Crippen LogP contribution in [0.1, 0.15) is 19.4 Å². The van der Waals surface area contributed by atoms with E-state index < -0.39 is 9.84 Å². The maximum absolute atomic E-state index is 11.6. The minimum absolute atomic E-state index is 0.0882. The molecule has 3 nitrogen and oxygen atoms in total. The Morgan fingerprint density at radius 3 is 2.14 bits per heavy atom. The topological polar surface area (TPSA) is 60.2 Å². The van der Waals surface area contributed by atoms with E-state index in [1.54, 1.807) is 38.1 Å². The minimum Gasteiger partial charge on any atom is -0.399 e. The van der Waals surface area contributed by atoms with Gasteiger partial charge in [0.15, 0.2) is 9.84 Å². The van der Waals surface area contributed by atoms with E-state index in [0.29, 0.717) is 5.69 Å². The third-order valence-electron chi connectivity index (χ3n) is 2.07.